The van der Waals surface area contributed by atoms with E-state index in [9.17, 15) is 4.39 Å². The third-order valence-corrected chi connectivity index (χ3v) is 3.14. The lowest BCUT2D eigenvalue weighted by Crippen LogP contribution is -2.37. The minimum Gasteiger partial charge on any atom is -0.357 e. The molecule has 0 unspecified atom stereocenters. The number of aryl methyl sites for hydroxylation is 1. The molecule has 0 aliphatic carbocycles. The molecule has 0 spiro atoms. The Morgan fingerprint density at radius 3 is 2.57 bits per heavy atom. The van der Waals surface area contributed by atoms with Crippen molar-refractivity contribution < 1.29 is 4.39 Å². The van der Waals surface area contributed by atoms with Gasteiger partial charge in [-0.15, -0.1) is 24.0 Å². The van der Waals surface area contributed by atoms with Crippen LogP contribution in [0.3, 0.4) is 0 Å². The van der Waals surface area contributed by atoms with E-state index in [1.807, 2.05) is 6.92 Å². The van der Waals surface area contributed by atoms with Crippen molar-refractivity contribution in [2.24, 2.45) is 4.99 Å². The Labute approximate surface area is 153 Å². The van der Waals surface area contributed by atoms with Gasteiger partial charge in [-0.05, 0) is 31.5 Å². The van der Waals surface area contributed by atoms with E-state index < -0.39 is 0 Å². The summed E-state index contributed by atoms with van der Waals surface area (Å²) in [4.78, 5) is 8.52. The second kappa shape index (κ2) is 10.1. The largest absolute Gasteiger partial charge is 0.357 e. The Balaban J connectivity index is 0.00000264. The van der Waals surface area contributed by atoms with Crippen molar-refractivity contribution in [2.75, 3.05) is 6.54 Å². The Bertz CT molecular complexity index is 629. The minimum atomic E-state index is -0.315. The van der Waals surface area contributed by atoms with Crippen molar-refractivity contribution in [3.05, 3.63) is 65.2 Å². The molecule has 124 valence electrons. The third kappa shape index (κ3) is 6.52. The summed E-state index contributed by atoms with van der Waals surface area (Å²) >= 11 is 0. The number of nitrogens with zero attached hydrogens (tertiary/aromatic N) is 2. The molecule has 0 atom stereocenters. The molecule has 1 heterocycles. The zero-order valence-corrected chi connectivity index (χ0v) is 15.7. The van der Waals surface area contributed by atoms with Crippen molar-refractivity contribution in [3.63, 3.8) is 0 Å². The standard InChI is InChI=1S/C17H21FN4.HI/c1-3-19-17(21-11-14-8-6-13(2)7-9-14)22-12-16-15(18)5-4-10-20-16;/h4-10H,3,11-12H2,1-2H3,(H2,19,21,22);1H. The summed E-state index contributed by atoms with van der Waals surface area (Å²) in [6.45, 7) is 5.65. The first-order chi connectivity index (χ1) is 10.7. The molecule has 0 aliphatic heterocycles. The van der Waals surface area contributed by atoms with Gasteiger partial charge in [-0.2, -0.15) is 0 Å². The molecule has 0 bridgehead atoms. The van der Waals surface area contributed by atoms with E-state index in [1.165, 1.54) is 11.6 Å². The van der Waals surface area contributed by atoms with Gasteiger partial charge in [-0.25, -0.2) is 9.38 Å². The van der Waals surface area contributed by atoms with E-state index >= 15 is 0 Å². The molecule has 23 heavy (non-hydrogen) atoms. The van der Waals surface area contributed by atoms with Crippen molar-refractivity contribution in [2.45, 2.75) is 26.9 Å². The van der Waals surface area contributed by atoms with Gasteiger partial charge >= 0.3 is 0 Å². The van der Waals surface area contributed by atoms with E-state index in [0.717, 1.165) is 12.1 Å². The van der Waals surface area contributed by atoms with Gasteiger partial charge < -0.3 is 10.6 Å². The van der Waals surface area contributed by atoms with Crippen LogP contribution in [0.15, 0.2) is 47.6 Å². The van der Waals surface area contributed by atoms with Crippen LogP contribution < -0.4 is 10.6 Å². The highest BCUT2D eigenvalue weighted by atomic mass is 127. The average Bonchev–Trinajstić information content (AvgIpc) is 2.53. The van der Waals surface area contributed by atoms with Crippen molar-refractivity contribution in [3.8, 4) is 0 Å². The first-order valence-electron chi connectivity index (χ1n) is 7.36. The van der Waals surface area contributed by atoms with Gasteiger partial charge in [0.05, 0.1) is 18.8 Å². The number of rotatable bonds is 5. The summed E-state index contributed by atoms with van der Waals surface area (Å²) in [7, 11) is 0. The number of guanidine groups is 1. The second-order valence-electron chi connectivity index (χ2n) is 4.97. The maximum atomic E-state index is 13.6. The maximum absolute atomic E-state index is 13.6. The number of aliphatic imine (C=N–C) groups is 1. The molecule has 1 aromatic heterocycles. The Morgan fingerprint density at radius 2 is 1.91 bits per heavy atom. The van der Waals surface area contributed by atoms with E-state index in [2.05, 4.69) is 51.8 Å². The summed E-state index contributed by atoms with van der Waals surface area (Å²) in [6, 6.07) is 11.2. The molecular weight excluding hydrogens is 406 g/mol. The Hall–Kier alpha value is -1.70. The molecule has 0 radical (unpaired) electrons. The first-order valence-corrected chi connectivity index (χ1v) is 7.36. The second-order valence-corrected chi connectivity index (χ2v) is 4.97. The molecule has 4 nitrogen and oxygen atoms in total. The fourth-order valence-electron chi connectivity index (χ4n) is 1.92. The van der Waals surface area contributed by atoms with E-state index in [1.54, 1.807) is 12.3 Å². The highest BCUT2D eigenvalue weighted by Gasteiger charge is 2.04. The molecule has 2 N–H and O–H groups in total. The summed E-state index contributed by atoms with van der Waals surface area (Å²) in [5.41, 5.74) is 2.73. The first kappa shape index (κ1) is 19.3. The molecule has 0 amide bonds. The van der Waals surface area contributed by atoms with Gasteiger partial charge in [0.25, 0.3) is 0 Å². The van der Waals surface area contributed by atoms with Crippen molar-refractivity contribution in [1.82, 2.24) is 15.6 Å². The maximum Gasteiger partial charge on any atom is 0.191 e. The van der Waals surface area contributed by atoms with E-state index in [4.69, 9.17) is 0 Å². The van der Waals surface area contributed by atoms with Crippen LogP contribution in [0.1, 0.15) is 23.7 Å². The zero-order valence-electron chi connectivity index (χ0n) is 13.3. The molecule has 1 aromatic carbocycles. The summed E-state index contributed by atoms with van der Waals surface area (Å²) in [5, 5.41) is 6.24. The van der Waals surface area contributed by atoms with E-state index in [-0.39, 0.29) is 29.8 Å². The van der Waals surface area contributed by atoms with Gasteiger partial charge in [-0.1, -0.05) is 29.8 Å². The highest BCUT2D eigenvalue weighted by Crippen LogP contribution is 2.05. The number of hydrogen-bond donors (Lipinski definition) is 2. The van der Waals surface area contributed by atoms with Crippen molar-refractivity contribution in [1.29, 1.82) is 0 Å². The zero-order chi connectivity index (χ0) is 15.8. The molecule has 0 saturated heterocycles. The highest BCUT2D eigenvalue weighted by molar-refractivity contribution is 14.0. The van der Waals surface area contributed by atoms with Crippen LogP contribution in [0, 0.1) is 12.7 Å². The Morgan fingerprint density at radius 1 is 1.17 bits per heavy atom. The van der Waals surface area contributed by atoms with Gasteiger partial charge in [0, 0.05) is 12.7 Å². The molecule has 2 rings (SSSR count). The van der Waals surface area contributed by atoms with Crippen molar-refractivity contribution >= 4 is 29.9 Å². The topological polar surface area (TPSA) is 49.3 Å². The van der Waals surface area contributed by atoms with Crippen LogP contribution >= 0.6 is 24.0 Å². The number of aromatic nitrogens is 1. The monoisotopic (exact) mass is 428 g/mol. The Kier molecular flexibility index (Phi) is 8.53. The van der Waals surface area contributed by atoms with Crippen LogP contribution in [-0.4, -0.2) is 17.5 Å². The quantitative estimate of drug-likeness (QED) is 0.436. The van der Waals surface area contributed by atoms with Gasteiger partial charge in [0.2, 0.25) is 0 Å². The van der Waals surface area contributed by atoms with Gasteiger partial charge in [-0.3, -0.25) is 4.98 Å². The van der Waals surface area contributed by atoms with Crippen LogP contribution in [0.5, 0.6) is 0 Å². The molecule has 0 saturated carbocycles. The predicted octanol–water partition coefficient (Wildman–Crippen LogP) is 3.40. The number of benzene rings is 1. The smallest absolute Gasteiger partial charge is 0.191 e. The molecule has 6 heteroatoms. The van der Waals surface area contributed by atoms with Crippen LogP contribution in [0.25, 0.3) is 0 Å². The number of pyridine rings is 1. The SMILES string of the molecule is CCNC(=NCc1ccc(C)cc1)NCc1ncccc1F.I. The number of nitrogens with one attached hydrogen (secondary N) is 2. The lowest BCUT2D eigenvalue weighted by Gasteiger charge is -2.11. The van der Waals surface area contributed by atoms with Gasteiger partial charge in [0.15, 0.2) is 5.96 Å². The van der Waals surface area contributed by atoms with E-state index in [0.29, 0.717) is 24.7 Å². The molecule has 0 aliphatic rings. The summed E-state index contributed by atoms with van der Waals surface area (Å²) in [5.74, 6) is 0.331. The fourth-order valence-corrected chi connectivity index (χ4v) is 1.92. The molecule has 2 aromatic rings. The van der Waals surface area contributed by atoms with Gasteiger partial charge in [0.1, 0.15) is 5.82 Å². The van der Waals surface area contributed by atoms with Crippen LogP contribution in [0.4, 0.5) is 4.39 Å². The minimum absolute atomic E-state index is 0. The predicted molar refractivity (Wildman–Crippen MR) is 102 cm³/mol. The fraction of sp³-hybridized carbons (Fsp3) is 0.294. The third-order valence-electron chi connectivity index (χ3n) is 3.14. The lowest BCUT2D eigenvalue weighted by atomic mass is 10.1. The average molecular weight is 428 g/mol. The molecule has 0 fully saturated rings. The summed E-state index contributed by atoms with van der Waals surface area (Å²) < 4.78 is 13.6. The van der Waals surface area contributed by atoms with Crippen LogP contribution in [-0.2, 0) is 13.1 Å². The lowest BCUT2D eigenvalue weighted by molar-refractivity contribution is 0.592. The summed E-state index contributed by atoms with van der Waals surface area (Å²) in [6.07, 6.45) is 1.58. The number of halogens is 2. The normalized spacial score (nSPS) is 10.8. The number of hydrogen-bond acceptors (Lipinski definition) is 2. The molecular formula is C17H22FIN4. The van der Waals surface area contributed by atoms with Crippen LogP contribution in [0.2, 0.25) is 0 Å².